The molecular weight excluding hydrogens is 392 g/mol. The van der Waals surface area contributed by atoms with Crippen LogP contribution in [0.3, 0.4) is 0 Å². The Morgan fingerprint density at radius 1 is 0.759 bits per heavy atom. The Morgan fingerprint density at radius 3 is 1.45 bits per heavy atom. The smallest absolute Gasteiger partial charge is 0.336 e. The second kappa shape index (κ2) is 10.2. The fraction of sp³-hybridized carbons (Fsp3) is 0.364. The lowest BCUT2D eigenvalue weighted by molar-refractivity contribution is 0.0684. The van der Waals surface area contributed by atoms with Crippen molar-refractivity contribution in [2.24, 2.45) is 0 Å². The fourth-order valence-electron chi connectivity index (χ4n) is 3.16. The molecule has 0 radical (unpaired) electrons. The van der Waals surface area contributed by atoms with Crippen LogP contribution in [0, 0.1) is 0 Å². The average molecular weight is 419 g/mol. The van der Waals surface area contributed by atoms with Gasteiger partial charge in [-0.25, -0.2) is 9.59 Å². The molecule has 0 atom stereocenters. The highest BCUT2D eigenvalue weighted by molar-refractivity contribution is 7.99. The monoisotopic (exact) mass is 418 g/mol. The number of hydrogen-bond donors (Lipinski definition) is 4. The van der Waals surface area contributed by atoms with Gasteiger partial charge in [0, 0.05) is 0 Å². The summed E-state index contributed by atoms with van der Waals surface area (Å²) in [4.78, 5) is 24.1. The largest absolute Gasteiger partial charge is 0.507 e. The highest BCUT2D eigenvalue weighted by Gasteiger charge is 2.23. The van der Waals surface area contributed by atoms with Gasteiger partial charge in [-0.2, -0.15) is 0 Å². The Hall–Kier alpha value is -2.67. The molecule has 4 N–H and O–H groups in total. The van der Waals surface area contributed by atoms with E-state index in [0.717, 1.165) is 37.4 Å². The number of phenols is 2. The Balaban J connectivity index is 2.66. The van der Waals surface area contributed by atoms with Gasteiger partial charge < -0.3 is 20.4 Å². The molecule has 0 saturated heterocycles. The zero-order valence-corrected chi connectivity index (χ0v) is 17.4. The number of phenolic OH excluding ortho intramolecular Hbond substituents is 2. The van der Waals surface area contributed by atoms with Gasteiger partial charge in [0.05, 0.1) is 20.9 Å². The molecule has 0 aromatic heterocycles. The van der Waals surface area contributed by atoms with Gasteiger partial charge in [-0.05, 0) is 61.1 Å². The number of unbranched alkanes of at least 4 members (excludes halogenated alkanes) is 2. The third kappa shape index (κ3) is 5.23. The van der Waals surface area contributed by atoms with Gasteiger partial charge in [-0.1, -0.05) is 38.5 Å². The molecule has 0 amide bonds. The first-order valence-electron chi connectivity index (χ1n) is 9.65. The molecule has 0 unspecified atom stereocenters. The van der Waals surface area contributed by atoms with Crippen LogP contribution in [0.5, 0.6) is 11.5 Å². The lowest BCUT2D eigenvalue weighted by Gasteiger charge is -2.18. The molecule has 2 aromatic rings. The number of carbonyl (C=O) groups is 2. The molecular formula is C22H26O6S. The number of benzene rings is 2. The fourth-order valence-corrected chi connectivity index (χ4v) is 4.38. The normalized spacial score (nSPS) is 10.8. The molecule has 0 saturated carbocycles. The van der Waals surface area contributed by atoms with Crippen molar-refractivity contribution in [1.29, 1.82) is 0 Å². The zero-order valence-electron chi connectivity index (χ0n) is 16.6. The van der Waals surface area contributed by atoms with Crippen molar-refractivity contribution in [3.05, 3.63) is 46.5 Å². The van der Waals surface area contributed by atoms with E-state index in [4.69, 9.17) is 0 Å². The molecule has 0 fully saturated rings. The van der Waals surface area contributed by atoms with Crippen molar-refractivity contribution in [3.8, 4) is 11.5 Å². The van der Waals surface area contributed by atoms with Crippen molar-refractivity contribution >= 4 is 23.7 Å². The van der Waals surface area contributed by atoms with E-state index in [1.807, 2.05) is 13.8 Å². The summed E-state index contributed by atoms with van der Waals surface area (Å²) in [5.74, 6) is -2.36. The zero-order chi connectivity index (χ0) is 21.6. The van der Waals surface area contributed by atoms with Crippen molar-refractivity contribution < 1.29 is 30.0 Å². The van der Waals surface area contributed by atoms with Crippen molar-refractivity contribution in [2.45, 2.75) is 62.2 Å². The average Bonchev–Trinajstić information content (AvgIpc) is 2.67. The summed E-state index contributed by atoms with van der Waals surface area (Å²) >= 11 is 1.03. The lowest BCUT2D eigenvalue weighted by atomic mass is 10.0. The predicted octanol–water partition coefficient (Wildman–Crippen LogP) is 5.33. The van der Waals surface area contributed by atoms with Crippen LogP contribution in [0.4, 0.5) is 0 Å². The summed E-state index contributed by atoms with van der Waals surface area (Å²) < 4.78 is 0. The van der Waals surface area contributed by atoms with Gasteiger partial charge in [-0.3, -0.25) is 0 Å². The first-order valence-corrected chi connectivity index (χ1v) is 10.5. The van der Waals surface area contributed by atoms with Gasteiger partial charge in [-0.15, -0.1) is 0 Å². The first kappa shape index (κ1) is 22.6. The molecule has 0 bridgehead atoms. The van der Waals surface area contributed by atoms with Crippen LogP contribution in [0.25, 0.3) is 0 Å². The highest BCUT2D eigenvalue weighted by atomic mass is 32.2. The van der Waals surface area contributed by atoms with Crippen LogP contribution in [0.1, 0.15) is 71.4 Å². The molecule has 7 heteroatoms. The van der Waals surface area contributed by atoms with Crippen LogP contribution in [0.2, 0.25) is 0 Å². The quantitative estimate of drug-likeness (QED) is 0.412. The van der Waals surface area contributed by atoms with E-state index in [1.165, 1.54) is 24.3 Å². The standard InChI is InChI=1S/C22H26O6S/c1-3-5-7-13-15(21(25)26)9-11-17(23)19(13)29-20-14(8-6-4-2)16(22(27)28)10-12-18(20)24/h9-12,23-24H,3-8H2,1-2H3,(H,25,26)(H,27,28). The summed E-state index contributed by atoms with van der Waals surface area (Å²) in [5, 5.41) is 40.1. The van der Waals surface area contributed by atoms with Gasteiger partial charge in [0.25, 0.3) is 0 Å². The molecule has 0 spiro atoms. The summed E-state index contributed by atoms with van der Waals surface area (Å²) in [5.41, 5.74) is 1.18. The minimum atomic E-state index is -1.09. The maximum atomic E-state index is 11.7. The third-order valence-corrected chi connectivity index (χ3v) is 6.02. The molecule has 0 aliphatic rings. The second-order valence-corrected chi connectivity index (χ2v) is 7.82. The van der Waals surface area contributed by atoms with Gasteiger partial charge in [0.15, 0.2) is 0 Å². The number of hydrogen-bond acceptors (Lipinski definition) is 5. The second-order valence-electron chi connectivity index (χ2n) is 6.80. The lowest BCUT2D eigenvalue weighted by Crippen LogP contribution is -2.06. The van der Waals surface area contributed by atoms with Crippen LogP contribution < -0.4 is 0 Å². The van der Waals surface area contributed by atoms with Crippen molar-refractivity contribution in [1.82, 2.24) is 0 Å². The summed E-state index contributed by atoms with van der Waals surface area (Å²) in [6.45, 7) is 3.97. The summed E-state index contributed by atoms with van der Waals surface area (Å²) in [6.07, 6.45) is 4.08. The number of carboxylic acids is 2. The Kier molecular flexibility index (Phi) is 7.96. The van der Waals surface area contributed by atoms with Crippen LogP contribution in [-0.4, -0.2) is 32.4 Å². The Morgan fingerprint density at radius 2 is 1.14 bits per heavy atom. The summed E-state index contributed by atoms with van der Waals surface area (Å²) in [6, 6.07) is 5.40. The Labute approximate surface area is 174 Å². The minimum Gasteiger partial charge on any atom is -0.507 e. The predicted molar refractivity (Wildman–Crippen MR) is 111 cm³/mol. The minimum absolute atomic E-state index is 0.0901. The topological polar surface area (TPSA) is 115 Å². The Bertz CT molecular complexity index is 833. The molecule has 2 rings (SSSR count). The summed E-state index contributed by atoms with van der Waals surface area (Å²) in [7, 11) is 0. The number of carboxylic acid groups (broad SMARTS) is 2. The SMILES string of the molecule is CCCCc1c(C(=O)O)ccc(O)c1Sc1c(O)ccc(C(=O)O)c1CCCC. The molecule has 0 aliphatic heterocycles. The molecule has 156 valence electrons. The maximum Gasteiger partial charge on any atom is 0.336 e. The third-order valence-electron chi connectivity index (χ3n) is 4.71. The molecule has 29 heavy (non-hydrogen) atoms. The number of aromatic hydroxyl groups is 2. The van der Waals surface area contributed by atoms with Crippen molar-refractivity contribution in [3.63, 3.8) is 0 Å². The van der Waals surface area contributed by atoms with Gasteiger partial charge in [0.2, 0.25) is 0 Å². The van der Waals surface area contributed by atoms with E-state index in [9.17, 15) is 30.0 Å². The highest BCUT2D eigenvalue weighted by Crippen LogP contribution is 2.45. The van der Waals surface area contributed by atoms with E-state index in [2.05, 4.69) is 0 Å². The molecule has 0 heterocycles. The van der Waals surface area contributed by atoms with E-state index in [0.29, 0.717) is 33.8 Å². The maximum absolute atomic E-state index is 11.7. The van der Waals surface area contributed by atoms with E-state index in [-0.39, 0.29) is 22.6 Å². The van der Waals surface area contributed by atoms with Gasteiger partial charge >= 0.3 is 11.9 Å². The molecule has 2 aromatic carbocycles. The van der Waals surface area contributed by atoms with Crippen LogP contribution >= 0.6 is 11.8 Å². The van der Waals surface area contributed by atoms with E-state index >= 15 is 0 Å². The molecule has 6 nitrogen and oxygen atoms in total. The van der Waals surface area contributed by atoms with Crippen molar-refractivity contribution in [2.75, 3.05) is 0 Å². The number of aromatic carboxylic acids is 2. The van der Waals surface area contributed by atoms with E-state index in [1.54, 1.807) is 0 Å². The first-order chi connectivity index (χ1) is 13.8. The van der Waals surface area contributed by atoms with Crippen LogP contribution in [0.15, 0.2) is 34.1 Å². The van der Waals surface area contributed by atoms with Gasteiger partial charge in [0.1, 0.15) is 11.5 Å². The van der Waals surface area contributed by atoms with E-state index < -0.39 is 11.9 Å². The van der Waals surface area contributed by atoms with Crippen LogP contribution in [-0.2, 0) is 12.8 Å². The molecule has 0 aliphatic carbocycles. The number of rotatable bonds is 10.